The van der Waals surface area contributed by atoms with Gasteiger partial charge in [0.05, 0.1) is 6.04 Å². The lowest BCUT2D eigenvalue weighted by molar-refractivity contribution is 0.0197. The number of nitrogen functional groups attached to an aromatic ring is 1. The highest BCUT2D eigenvalue weighted by atomic mass is 16.1. The fraction of sp³-hybridized carbons (Fsp3) is 0.632. The Bertz CT molecular complexity index is 622. The predicted molar refractivity (Wildman–Crippen MR) is 89.0 cm³/mol. The molecule has 2 fully saturated rings. The maximum absolute atomic E-state index is 13.1. The van der Waals surface area contributed by atoms with Gasteiger partial charge in [0.25, 0.3) is 0 Å². The molecular weight excluding hydrogens is 272 g/mol. The van der Waals surface area contributed by atoms with Crippen molar-refractivity contribution in [2.45, 2.75) is 51.0 Å². The van der Waals surface area contributed by atoms with Crippen LogP contribution >= 0.6 is 0 Å². The van der Waals surface area contributed by atoms with Crippen LogP contribution in [0, 0.1) is 11.8 Å². The number of Topliss-reactive ketones (excluding diaryl/α,β-unsaturated/α-hetero) is 1. The molecule has 1 unspecified atom stereocenters. The van der Waals surface area contributed by atoms with Crippen molar-refractivity contribution in [3.05, 3.63) is 29.3 Å². The summed E-state index contributed by atoms with van der Waals surface area (Å²) >= 11 is 0. The third-order valence-corrected chi connectivity index (χ3v) is 6.52. The zero-order chi connectivity index (χ0) is 15.5. The standard InChI is InChI=1S/C19H26N2O/c1-3-19-8-9-21(11-13-4-5-13)17(12(19)2)18(22)15-7-6-14(20)10-16(15)19/h6-7,10,12-13,17H,3-5,8-9,11,20H2,1-2H3/t12-,17?,19-/m0/s1. The second-order valence-electron chi connectivity index (χ2n) is 7.60. The molecule has 3 aliphatic rings. The molecule has 1 heterocycles. The number of anilines is 1. The van der Waals surface area contributed by atoms with E-state index in [1.807, 2.05) is 12.1 Å². The molecule has 1 aromatic rings. The maximum Gasteiger partial charge on any atom is 0.180 e. The first-order chi connectivity index (χ1) is 10.6. The summed E-state index contributed by atoms with van der Waals surface area (Å²) in [4.78, 5) is 15.6. The molecular formula is C19H26N2O. The lowest BCUT2D eigenvalue weighted by Gasteiger charge is -2.55. The van der Waals surface area contributed by atoms with Crippen LogP contribution in [0.3, 0.4) is 0 Å². The van der Waals surface area contributed by atoms with Gasteiger partial charge in [0.2, 0.25) is 0 Å². The second kappa shape index (κ2) is 4.82. The first-order valence-electron chi connectivity index (χ1n) is 8.75. The number of carbonyl (C=O) groups excluding carboxylic acids is 1. The molecule has 2 N–H and O–H groups in total. The van der Waals surface area contributed by atoms with Gasteiger partial charge in [-0.15, -0.1) is 0 Å². The van der Waals surface area contributed by atoms with E-state index < -0.39 is 0 Å². The molecule has 1 aliphatic heterocycles. The smallest absolute Gasteiger partial charge is 0.180 e. The van der Waals surface area contributed by atoms with E-state index in [0.717, 1.165) is 43.1 Å². The Morgan fingerprint density at radius 3 is 2.82 bits per heavy atom. The third-order valence-electron chi connectivity index (χ3n) is 6.52. The van der Waals surface area contributed by atoms with E-state index in [-0.39, 0.29) is 11.5 Å². The highest BCUT2D eigenvalue weighted by Crippen LogP contribution is 2.51. The zero-order valence-electron chi connectivity index (χ0n) is 13.6. The number of hydrogen-bond donors (Lipinski definition) is 1. The number of nitrogens with two attached hydrogens (primary N) is 1. The summed E-state index contributed by atoms with van der Waals surface area (Å²) in [5, 5.41) is 0. The van der Waals surface area contributed by atoms with Crippen molar-refractivity contribution < 1.29 is 4.79 Å². The van der Waals surface area contributed by atoms with Crippen LogP contribution in [-0.4, -0.2) is 29.8 Å². The Kier molecular flexibility index (Phi) is 3.12. The number of ketones is 1. The fourth-order valence-corrected chi connectivity index (χ4v) is 4.98. The van der Waals surface area contributed by atoms with Crippen LogP contribution in [0.25, 0.3) is 0 Å². The number of benzene rings is 1. The van der Waals surface area contributed by atoms with E-state index in [9.17, 15) is 4.79 Å². The Hall–Kier alpha value is -1.35. The predicted octanol–water partition coefficient (Wildman–Crippen LogP) is 3.23. The highest BCUT2D eigenvalue weighted by molar-refractivity contribution is 6.04. The molecule has 1 aromatic carbocycles. The average Bonchev–Trinajstić information content (AvgIpc) is 3.30. The van der Waals surface area contributed by atoms with Crippen LogP contribution in [0.1, 0.15) is 55.5 Å². The van der Waals surface area contributed by atoms with Crippen LogP contribution < -0.4 is 5.73 Å². The molecule has 0 radical (unpaired) electrons. The van der Waals surface area contributed by atoms with Crippen LogP contribution in [0.15, 0.2) is 18.2 Å². The van der Waals surface area contributed by atoms with E-state index >= 15 is 0 Å². The number of piperidine rings is 1. The monoisotopic (exact) mass is 298 g/mol. The van der Waals surface area contributed by atoms with Gasteiger partial charge in [0.1, 0.15) is 0 Å². The molecule has 3 heteroatoms. The average molecular weight is 298 g/mol. The van der Waals surface area contributed by atoms with Crippen molar-refractivity contribution in [1.29, 1.82) is 0 Å². The van der Waals surface area contributed by atoms with Crippen molar-refractivity contribution in [3.63, 3.8) is 0 Å². The molecule has 3 atom stereocenters. The Labute approximate surface area is 132 Å². The Morgan fingerprint density at radius 1 is 1.36 bits per heavy atom. The van der Waals surface area contributed by atoms with E-state index in [1.54, 1.807) is 0 Å². The van der Waals surface area contributed by atoms with Crippen molar-refractivity contribution in [1.82, 2.24) is 4.90 Å². The van der Waals surface area contributed by atoms with E-state index in [2.05, 4.69) is 24.8 Å². The van der Waals surface area contributed by atoms with Gasteiger partial charge in [0.15, 0.2) is 5.78 Å². The van der Waals surface area contributed by atoms with Crippen LogP contribution in [0.5, 0.6) is 0 Å². The number of nitrogens with zero attached hydrogens (tertiary/aromatic N) is 1. The van der Waals surface area contributed by atoms with E-state index in [0.29, 0.717) is 11.7 Å². The van der Waals surface area contributed by atoms with Crippen LogP contribution in [0.4, 0.5) is 5.69 Å². The van der Waals surface area contributed by atoms with E-state index in [1.165, 1.54) is 18.4 Å². The molecule has 1 saturated carbocycles. The molecule has 2 aliphatic carbocycles. The molecule has 118 valence electrons. The van der Waals surface area contributed by atoms with E-state index in [4.69, 9.17) is 5.73 Å². The summed E-state index contributed by atoms with van der Waals surface area (Å²) in [6, 6.07) is 6.00. The molecule has 0 spiro atoms. The Morgan fingerprint density at radius 2 is 2.14 bits per heavy atom. The molecule has 0 amide bonds. The summed E-state index contributed by atoms with van der Waals surface area (Å²) in [7, 11) is 0. The van der Waals surface area contributed by atoms with Gasteiger partial charge in [0, 0.05) is 23.2 Å². The van der Waals surface area contributed by atoms with Crippen molar-refractivity contribution >= 4 is 11.5 Å². The molecule has 2 bridgehead atoms. The van der Waals surface area contributed by atoms with Crippen molar-refractivity contribution in [2.24, 2.45) is 11.8 Å². The van der Waals surface area contributed by atoms with Crippen LogP contribution in [0.2, 0.25) is 0 Å². The minimum absolute atomic E-state index is 0.0745. The molecule has 4 rings (SSSR count). The summed E-state index contributed by atoms with van der Waals surface area (Å²) < 4.78 is 0. The SMILES string of the molecule is CC[C@@]12CCN(CC3CC3)C(C(=O)c3ccc(N)cc31)[C@@H]2C. The summed E-state index contributed by atoms with van der Waals surface area (Å²) in [5.41, 5.74) is 9.09. The van der Waals surface area contributed by atoms with Gasteiger partial charge in [-0.05, 0) is 67.8 Å². The van der Waals surface area contributed by atoms with Gasteiger partial charge in [-0.1, -0.05) is 13.8 Å². The highest BCUT2D eigenvalue weighted by Gasteiger charge is 2.54. The summed E-state index contributed by atoms with van der Waals surface area (Å²) in [6.07, 6.45) is 4.93. The summed E-state index contributed by atoms with van der Waals surface area (Å²) in [5.74, 6) is 1.54. The normalized spacial score (nSPS) is 34.5. The maximum atomic E-state index is 13.1. The number of likely N-dealkylation sites (tertiary alicyclic amines) is 1. The largest absolute Gasteiger partial charge is 0.399 e. The number of hydrogen-bond acceptors (Lipinski definition) is 3. The fourth-order valence-electron chi connectivity index (χ4n) is 4.98. The van der Waals surface area contributed by atoms with Crippen LogP contribution in [-0.2, 0) is 5.41 Å². The van der Waals surface area contributed by atoms with Gasteiger partial charge >= 0.3 is 0 Å². The number of rotatable bonds is 3. The van der Waals surface area contributed by atoms with Crippen molar-refractivity contribution in [3.8, 4) is 0 Å². The minimum atomic E-state index is 0.0745. The van der Waals surface area contributed by atoms with Gasteiger partial charge < -0.3 is 5.73 Å². The lowest BCUT2D eigenvalue weighted by atomic mass is 9.56. The van der Waals surface area contributed by atoms with Gasteiger partial charge in [-0.2, -0.15) is 0 Å². The third kappa shape index (κ3) is 1.88. The summed E-state index contributed by atoms with van der Waals surface area (Å²) in [6.45, 7) is 6.73. The number of fused-ring (bicyclic) bond motifs is 4. The Balaban J connectivity index is 1.81. The minimum Gasteiger partial charge on any atom is -0.399 e. The quantitative estimate of drug-likeness (QED) is 0.871. The lowest BCUT2D eigenvalue weighted by Crippen LogP contribution is -2.61. The number of carbonyl (C=O) groups is 1. The first-order valence-corrected chi connectivity index (χ1v) is 8.75. The van der Waals surface area contributed by atoms with Gasteiger partial charge in [-0.3, -0.25) is 9.69 Å². The first kappa shape index (κ1) is 14.3. The molecule has 22 heavy (non-hydrogen) atoms. The topological polar surface area (TPSA) is 46.3 Å². The zero-order valence-corrected chi connectivity index (χ0v) is 13.6. The molecule has 1 saturated heterocycles. The molecule has 3 nitrogen and oxygen atoms in total. The molecule has 0 aromatic heterocycles. The second-order valence-corrected chi connectivity index (χ2v) is 7.60. The van der Waals surface area contributed by atoms with Crippen molar-refractivity contribution in [2.75, 3.05) is 18.8 Å². The van der Waals surface area contributed by atoms with Gasteiger partial charge in [-0.25, -0.2) is 0 Å².